The average Bonchev–Trinajstić information content (AvgIpc) is 3.79. The van der Waals surface area contributed by atoms with Gasteiger partial charge in [-0.05, 0) is 73.7 Å². The van der Waals surface area contributed by atoms with Gasteiger partial charge in [0.25, 0.3) is 5.91 Å². The Morgan fingerprint density at radius 1 is 0.980 bits per heavy atom. The smallest absolute Gasteiger partial charge is 0.434 e. The van der Waals surface area contributed by atoms with Gasteiger partial charge in [-0.15, -0.1) is 0 Å². The summed E-state index contributed by atoms with van der Waals surface area (Å²) in [7, 11) is 0. The van der Waals surface area contributed by atoms with Crippen LogP contribution in [-0.2, 0) is 15.7 Å². The molecule has 0 aliphatic carbocycles. The van der Waals surface area contributed by atoms with Crippen molar-refractivity contribution in [1.29, 1.82) is 0 Å². The molecule has 2 aromatic carbocycles. The molecular weight excluding hydrogens is 680 g/mol. The van der Waals surface area contributed by atoms with Crippen molar-refractivity contribution in [3.8, 4) is 5.69 Å². The highest BCUT2D eigenvalue weighted by atomic mass is 35.5. The first-order valence-electron chi connectivity index (χ1n) is 16.7. The fourth-order valence-electron chi connectivity index (χ4n) is 7.19. The topological polar surface area (TPSA) is 91.2 Å². The molecule has 3 fully saturated rings. The van der Waals surface area contributed by atoms with Crippen LogP contribution in [0.15, 0.2) is 48.7 Å². The lowest BCUT2D eigenvalue weighted by molar-refractivity contribution is -0.143. The van der Waals surface area contributed by atoms with Crippen molar-refractivity contribution < 1.29 is 36.7 Å². The summed E-state index contributed by atoms with van der Waals surface area (Å²) >= 11 is 6.41. The molecule has 50 heavy (non-hydrogen) atoms. The largest absolute Gasteiger partial charge is 0.446 e. The molecular formula is C35H39ClF4N6O4. The first-order valence-corrected chi connectivity index (χ1v) is 17.1. The van der Waals surface area contributed by atoms with E-state index in [4.69, 9.17) is 16.3 Å². The summed E-state index contributed by atoms with van der Waals surface area (Å²) < 4.78 is 62.5. The molecule has 0 radical (unpaired) electrons. The van der Waals surface area contributed by atoms with E-state index in [-0.39, 0.29) is 29.5 Å². The van der Waals surface area contributed by atoms with E-state index in [0.29, 0.717) is 87.0 Å². The number of hydrogen-bond donors (Lipinski definition) is 0. The van der Waals surface area contributed by atoms with E-state index >= 15 is 0 Å². The number of alkyl halides is 3. The predicted octanol–water partition coefficient (Wildman–Crippen LogP) is 6.04. The fourth-order valence-corrected chi connectivity index (χ4v) is 7.36. The Morgan fingerprint density at radius 3 is 2.24 bits per heavy atom. The van der Waals surface area contributed by atoms with Gasteiger partial charge in [-0.25, -0.2) is 13.9 Å². The Kier molecular flexibility index (Phi) is 10.4. The molecule has 15 heteroatoms. The van der Waals surface area contributed by atoms with Crippen LogP contribution in [0.1, 0.15) is 47.8 Å². The van der Waals surface area contributed by atoms with Crippen molar-refractivity contribution in [2.45, 2.75) is 45.4 Å². The lowest BCUT2D eigenvalue weighted by Gasteiger charge is -2.32. The molecule has 268 valence electrons. The molecule has 10 nitrogen and oxygen atoms in total. The van der Waals surface area contributed by atoms with Crippen molar-refractivity contribution in [1.82, 2.24) is 24.5 Å². The van der Waals surface area contributed by atoms with Gasteiger partial charge < -0.3 is 19.4 Å². The minimum atomic E-state index is -4.86. The lowest BCUT2D eigenvalue weighted by atomic mass is 10.0. The number of hydrogen-bond acceptors (Lipinski definition) is 6. The number of fused-ring (bicyclic) bond motifs is 1. The normalized spacial score (nSPS) is 19.9. The highest BCUT2D eigenvalue weighted by molar-refractivity contribution is 6.31. The second-order valence-electron chi connectivity index (χ2n) is 13.3. The minimum Gasteiger partial charge on any atom is -0.446 e. The number of nitrogens with zero attached hydrogens (tertiary/aromatic N) is 6. The van der Waals surface area contributed by atoms with Crippen LogP contribution >= 0.6 is 11.6 Å². The second-order valence-corrected chi connectivity index (χ2v) is 13.7. The molecule has 2 atom stereocenters. The Labute approximate surface area is 292 Å². The highest BCUT2D eigenvalue weighted by Crippen LogP contribution is 2.37. The Balaban J connectivity index is 1.05. The number of ether oxygens (including phenoxy) is 1. The van der Waals surface area contributed by atoms with Crippen LogP contribution in [0.5, 0.6) is 0 Å². The molecule has 0 spiro atoms. The lowest BCUT2D eigenvalue weighted by Crippen LogP contribution is -2.43. The number of carbonyl (C=O) groups is 3. The van der Waals surface area contributed by atoms with Crippen LogP contribution in [0.25, 0.3) is 5.69 Å². The summed E-state index contributed by atoms with van der Waals surface area (Å²) in [5.74, 6) is -1.14. The predicted molar refractivity (Wildman–Crippen MR) is 178 cm³/mol. The zero-order valence-corrected chi connectivity index (χ0v) is 28.6. The number of rotatable bonds is 8. The Hall–Kier alpha value is -4.17. The van der Waals surface area contributed by atoms with E-state index in [0.717, 1.165) is 23.9 Å². The van der Waals surface area contributed by atoms with E-state index in [1.807, 2.05) is 19.1 Å². The molecule has 3 aromatic rings. The van der Waals surface area contributed by atoms with Gasteiger partial charge in [0.15, 0.2) is 5.69 Å². The highest BCUT2D eigenvalue weighted by Gasteiger charge is 2.45. The van der Waals surface area contributed by atoms with E-state index in [2.05, 4.69) is 10.00 Å². The number of piperidine rings is 1. The molecule has 0 N–H and O–H groups in total. The third kappa shape index (κ3) is 7.75. The quantitative estimate of drug-likeness (QED) is 0.264. The monoisotopic (exact) mass is 718 g/mol. The van der Waals surface area contributed by atoms with Crippen molar-refractivity contribution in [3.05, 3.63) is 76.3 Å². The van der Waals surface area contributed by atoms with Crippen LogP contribution < -0.4 is 4.90 Å². The molecule has 3 aliphatic heterocycles. The van der Waals surface area contributed by atoms with Crippen LogP contribution in [0.4, 0.5) is 28.0 Å². The van der Waals surface area contributed by atoms with Crippen LogP contribution in [0.3, 0.4) is 0 Å². The minimum absolute atomic E-state index is 0.000922. The van der Waals surface area contributed by atoms with Gasteiger partial charge in [0.05, 0.1) is 17.4 Å². The van der Waals surface area contributed by atoms with Gasteiger partial charge in [-0.3, -0.25) is 14.5 Å². The van der Waals surface area contributed by atoms with Crippen molar-refractivity contribution >= 4 is 35.2 Å². The number of likely N-dealkylation sites (tertiary alicyclic amines) is 3. The standard InChI is InChI=1S/C35H39ClF4N6O4/c1-22-4-7-28(16-31(22)36)45(34(49)50-29-10-14-43(15-11-29)23(2)47)13-3-12-42-18-24-20-44(21-25(24)19-42)33(48)30-17-41-46(32(30)35(38,39)40)27-8-5-26(37)6-9-27/h4-9,16-17,24-25,29H,3,10-15,18-21H2,1-2H3. The van der Waals surface area contributed by atoms with Gasteiger partial charge >= 0.3 is 12.3 Å². The second kappa shape index (κ2) is 14.6. The zero-order valence-electron chi connectivity index (χ0n) is 27.8. The third-order valence-electron chi connectivity index (χ3n) is 9.89. The van der Waals surface area contributed by atoms with Crippen LogP contribution in [-0.4, -0.2) is 101 Å². The van der Waals surface area contributed by atoms with E-state index in [1.54, 1.807) is 15.9 Å². The maximum atomic E-state index is 14.2. The molecule has 6 rings (SSSR count). The number of aryl methyl sites for hydroxylation is 1. The first kappa shape index (κ1) is 35.6. The van der Waals surface area contributed by atoms with Gasteiger partial charge in [0.2, 0.25) is 5.91 Å². The number of anilines is 1. The fraction of sp³-hybridized carbons (Fsp3) is 0.486. The number of amides is 3. The van der Waals surface area contributed by atoms with Gasteiger partial charge in [0.1, 0.15) is 11.9 Å². The van der Waals surface area contributed by atoms with Crippen molar-refractivity contribution in [2.24, 2.45) is 11.8 Å². The molecule has 0 saturated carbocycles. The summed E-state index contributed by atoms with van der Waals surface area (Å²) in [6.45, 7) is 7.51. The summed E-state index contributed by atoms with van der Waals surface area (Å²) in [6.07, 6.45) is -2.94. The average molecular weight is 719 g/mol. The molecule has 4 heterocycles. The van der Waals surface area contributed by atoms with Gasteiger partial charge in [-0.2, -0.15) is 18.3 Å². The number of halogens is 5. The summed E-state index contributed by atoms with van der Waals surface area (Å²) in [6, 6.07) is 9.87. The van der Waals surface area contributed by atoms with Gasteiger partial charge in [-0.1, -0.05) is 17.7 Å². The summed E-state index contributed by atoms with van der Waals surface area (Å²) in [5.41, 5.74) is -0.217. The molecule has 1 aromatic heterocycles. The molecule has 3 amide bonds. The SMILES string of the molecule is CC(=O)N1CCC(OC(=O)N(CCCN2CC3CN(C(=O)c4cnn(-c5ccc(F)cc5)c4C(F)(F)F)CC3C2)c2ccc(C)c(Cl)c2)CC1. The Morgan fingerprint density at radius 2 is 1.64 bits per heavy atom. The maximum absolute atomic E-state index is 14.2. The van der Waals surface area contributed by atoms with E-state index < -0.39 is 35.3 Å². The van der Waals surface area contributed by atoms with Gasteiger partial charge in [0, 0.05) is 76.3 Å². The molecule has 3 saturated heterocycles. The first-order chi connectivity index (χ1) is 23.8. The molecule has 2 unspecified atom stereocenters. The summed E-state index contributed by atoms with van der Waals surface area (Å²) in [5, 5.41) is 4.39. The number of benzene rings is 2. The van der Waals surface area contributed by atoms with E-state index in [1.165, 1.54) is 24.0 Å². The van der Waals surface area contributed by atoms with E-state index in [9.17, 15) is 31.9 Å². The molecule has 3 aliphatic rings. The van der Waals surface area contributed by atoms with Crippen LogP contribution in [0.2, 0.25) is 5.02 Å². The number of aromatic nitrogens is 2. The third-order valence-corrected chi connectivity index (χ3v) is 10.3. The molecule has 0 bridgehead atoms. The maximum Gasteiger partial charge on any atom is 0.434 e. The zero-order chi connectivity index (χ0) is 35.7. The van der Waals surface area contributed by atoms with Crippen molar-refractivity contribution in [2.75, 3.05) is 57.3 Å². The number of carbonyl (C=O) groups excluding carboxylic acids is 3. The van der Waals surface area contributed by atoms with Crippen LogP contribution in [0, 0.1) is 24.6 Å². The van der Waals surface area contributed by atoms with Crippen molar-refractivity contribution in [3.63, 3.8) is 0 Å². The summed E-state index contributed by atoms with van der Waals surface area (Å²) in [4.78, 5) is 45.6. The Bertz CT molecular complexity index is 1710.